The third-order valence-electron chi connectivity index (χ3n) is 9.43. The smallest absolute Gasteiger partial charge is 0.281 e. The highest BCUT2D eigenvalue weighted by atomic mass is 16.6. The summed E-state index contributed by atoms with van der Waals surface area (Å²) in [6.07, 6.45) is 1.99. The highest BCUT2D eigenvalue weighted by molar-refractivity contribution is 6.12. The van der Waals surface area contributed by atoms with Gasteiger partial charge < -0.3 is 9.84 Å². The van der Waals surface area contributed by atoms with Crippen molar-refractivity contribution in [3.05, 3.63) is 94.5 Å². The van der Waals surface area contributed by atoms with Crippen LogP contribution in [0.2, 0.25) is 0 Å². The maximum absolute atomic E-state index is 11.6. The van der Waals surface area contributed by atoms with Crippen molar-refractivity contribution in [2.75, 3.05) is 7.11 Å². The van der Waals surface area contributed by atoms with E-state index in [1.54, 1.807) is 7.11 Å². The summed E-state index contributed by atoms with van der Waals surface area (Å²) in [6, 6.07) is 24.4. The third-order valence-corrected chi connectivity index (χ3v) is 9.43. The van der Waals surface area contributed by atoms with Gasteiger partial charge in [0.25, 0.3) is 6.34 Å². The molecule has 2 aliphatic heterocycles. The molecule has 4 aromatic rings. The van der Waals surface area contributed by atoms with Crippen molar-refractivity contribution in [3.8, 4) is 0 Å². The van der Waals surface area contributed by atoms with Crippen molar-refractivity contribution < 1.29 is 14.4 Å². The first-order chi connectivity index (χ1) is 17.3. The number of hydrogen-bond donors (Lipinski definition) is 1. The number of rotatable bonds is 1. The summed E-state index contributed by atoms with van der Waals surface area (Å²) in [4.78, 5) is 5.19. The summed E-state index contributed by atoms with van der Waals surface area (Å²) in [5.74, 6) is -1.21. The lowest BCUT2D eigenvalue weighted by Crippen LogP contribution is -2.44. The van der Waals surface area contributed by atoms with Crippen molar-refractivity contribution in [3.63, 3.8) is 0 Å². The molecule has 0 aromatic heterocycles. The summed E-state index contributed by atoms with van der Waals surface area (Å²) in [7, 11) is 1.62. The topological polar surface area (TPSA) is 44.8 Å². The van der Waals surface area contributed by atoms with Crippen LogP contribution in [-0.2, 0) is 10.2 Å². The normalized spacial score (nSPS) is 30.6. The first-order valence-corrected chi connectivity index (χ1v) is 12.9. The van der Waals surface area contributed by atoms with Crippen LogP contribution in [0.25, 0.3) is 21.5 Å². The van der Waals surface area contributed by atoms with Crippen LogP contribution in [0.15, 0.2) is 71.7 Å². The van der Waals surface area contributed by atoms with Crippen LogP contribution in [0.3, 0.4) is 0 Å². The Kier molecular flexibility index (Phi) is 3.76. The molecule has 4 nitrogen and oxygen atoms in total. The van der Waals surface area contributed by atoms with E-state index < -0.39 is 5.79 Å². The molecule has 5 atom stereocenters. The molecule has 2 aliphatic carbocycles. The van der Waals surface area contributed by atoms with Gasteiger partial charge >= 0.3 is 0 Å². The summed E-state index contributed by atoms with van der Waals surface area (Å²) in [5.41, 5.74) is 7.59. The number of ether oxygens (including phenoxy) is 1. The number of hydrogen-bond acceptors (Lipinski definition) is 3. The molecule has 0 amide bonds. The van der Waals surface area contributed by atoms with Gasteiger partial charge in [-0.3, -0.25) is 0 Å². The monoisotopic (exact) mass is 473 g/mol. The van der Waals surface area contributed by atoms with Crippen molar-refractivity contribution in [2.45, 2.75) is 55.9 Å². The molecule has 1 N–H and O–H groups in total. The summed E-state index contributed by atoms with van der Waals surface area (Å²) < 4.78 is 8.00. The van der Waals surface area contributed by atoms with Crippen LogP contribution in [0.5, 0.6) is 0 Å². The van der Waals surface area contributed by atoms with Gasteiger partial charge in [-0.2, -0.15) is 0 Å². The van der Waals surface area contributed by atoms with E-state index >= 15 is 0 Å². The third kappa shape index (κ3) is 2.33. The maximum Gasteiger partial charge on any atom is 0.281 e. The Labute approximate surface area is 210 Å². The van der Waals surface area contributed by atoms with Gasteiger partial charge in [0.2, 0.25) is 5.79 Å². The SMILES string of the molecule is COC1(O)C2c3cc4ccccc4cc3C3=[N+](C=NC4C3c3c(ccc5cc(C)ccc35)C4(C)C)C21. The van der Waals surface area contributed by atoms with Gasteiger partial charge in [0.1, 0.15) is 5.71 Å². The molecule has 4 heteroatoms. The predicted molar refractivity (Wildman–Crippen MR) is 144 cm³/mol. The van der Waals surface area contributed by atoms with E-state index in [0.29, 0.717) is 0 Å². The minimum atomic E-state index is -1.22. The van der Waals surface area contributed by atoms with Gasteiger partial charge in [-0.15, -0.1) is 0 Å². The van der Waals surface area contributed by atoms with Gasteiger partial charge in [-0.05, 0) is 57.3 Å². The van der Waals surface area contributed by atoms with Crippen molar-refractivity contribution in [1.29, 1.82) is 0 Å². The molecule has 0 spiro atoms. The van der Waals surface area contributed by atoms with E-state index in [4.69, 9.17) is 9.73 Å². The number of nitrogens with zero attached hydrogens (tertiary/aromatic N) is 2. The van der Waals surface area contributed by atoms with Crippen LogP contribution in [0.4, 0.5) is 0 Å². The summed E-state index contributed by atoms with van der Waals surface area (Å²) >= 11 is 0. The molecular weight excluding hydrogens is 444 g/mol. The molecule has 36 heavy (non-hydrogen) atoms. The Balaban J connectivity index is 1.47. The van der Waals surface area contributed by atoms with Crippen LogP contribution in [0, 0.1) is 6.92 Å². The number of aryl methyl sites for hydroxylation is 1. The Morgan fingerprint density at radius 1 is 0.944 bits per heavy atom. The van der Waals surface area contributed by atoms with Crippen molar-refractivity contribution >= 4 is 33.6 Å². The molecule has 178 valence electrons. The second kappa shape index (κ2) is 6.50. The summed E-state index contributed by atoms with van der Waals surface area (Å²) in [6.45, 7) is 6.82. The summed E-state index contributed by atoms with van der Waals surface area (Å²) in [5, 5.41) is 16.6. The zero-order valence-corrected chi connectivity index (χ0v) is 21.0. The van der Waals surface area contributed by atoms with Gasteiger partial charge in [-0.25, -0.2) is 4.58 Å². The van der Waals surface area contributed by atoms with Crippen molar-refractivity contribution in [1.82, 2.24) is 0 Å². The van der Waals surface area contributed by atoms with E-state index in [0.717, 1.165) is 0 Å². The van der Waals surface area contributed by atoms with Gasteiger partial charge in [0, 0.05) is 18.1 Å². The quantitative estimate of drug-likeness (QED) is 0.297. The number of aliphatic hydroxyl groups is 1. The molecule has 0 bridgehead atoms. The van der Waals surface area contributed by atoms with E-state index in [2.05, 4.69) is 92.1 Å². The van der Waals surface area contributed by atoms with E-state index in [-0.39, 0.29) is 29.3 Å². The van der Waals surface area contributed by atoms with Crippen LogP contribution >= 0.6 is 0 Å². The standard InChI is InChI=1S/C32H29N2O2/c1-17-9-11-21-20(13-17)10-12-24-25(21)26-28-23-15-19-8-6-5-7-18(19)14-22(23)27-30(32(27,35)36-4)34(28)16-33-29(26)31(24,2)3/h5-16,26-27,29-30,35H,1-4H3/q+1. The number of aliphatic imine (C=N–C) groups is 1. The number of methoxy groups -OCH3 is 1. The molecule has 8 rings (SSSR count). The van der Waals surface area contributed by atoms with Crippen LogP contribution < -0.4 is 0 Å². The van der Waals surface area contributed by atoms with Crippen molar-refractivity contribution in [2.24, 2.45) is 4.99 Å². The Morgan fingerprint density at radius 2 is 1.72 bits per heavy atom. The second-order valence-corrected chi connectivity index (χ2v) is 11.6. The molecule has 1 saturated carbocycles. The lowest BCUT2D eigenvalue weighted by molar-refractivity contribution is -0.443. The lowest BCUT2D eigenvalue weighted by atomic mass is 9.77. The van der Waals surface area contributed by atoms with Gasteiger partial charge in [0.15, 0.2) is 12.1 Å². The zero-order valence-electron chi connectivity index (χ0n) is 21.0. The number of benzene rings is 4. The van der Waals surface area contributed by atoms with E-state index in [1.165, 1.54) is 55.1 Å². The second-order valence-electron chi connectivity index (χ2n) is 11.6. The largest absolute Gasteiger partial charge is 0.362 e. The Hall–Kier alpha value is -3.34. The fraction of sp³-hybridized carbons (Fsp3) is 0.312. The zero-order chi connectivity index (χ0) is 24.6. The molecule has 2 heterocycles. The van der Waals surface area contributed by atoms with Crippen LogP contribution in [-0.4, -0.2) is 46.7 Å². The fourth-order valence-electron chi connectivity index (χ4n) is 7.63. The Bertz CT molecular complexity index is 1710. The van der Waals surface area contributed by atoms with Gasteiger partial charge in [-0.1, -0.05) is 79.0 Å². The highest BCUT2D eigenvalue weighted by Gasteiger charge is 2.75. The van der Waals surface area contributed by atoms with E-state index in [9.17, 15) is 5.11 Å². The highest BCUT2D eigenvalue weighted by Crippen LogP contribution is 2.61. The molecule has 0 saturated heterocycles. The average molecular weight is 474 g/mol. The molecule has 5 unspecified atom stereocenters. The fourth-order valence-corrected chi connectivity index (χ4v) is 7.63. The molecule has 4 aromatic carbocycles. The average Bonchev–Trinajstić information content (AvgIpc) is 3.44. The Morgan fingerprint density at radius 3 is 2.50 bits per heavy atom. The maximum atomic E-state index is 11.6. The minimum Gasteiger partial charge on any atom is -0.362 e. The predicted octanol–water partition coefficient (Wildman–Crippen LogP) is 5.40. The van der Waals surface area contributed by atoms with E-state index in [1.807, 2.05) is 6.34 Å². The molecule has 1 fully saturated rings. The number of fused-ring (bicyclic) bond motifs is 12. The molecule has 0 radical (unpaired) electrons. The van der Waals surface area contributed by atoms with Crippen LogP contribution in [0.1, 0.15) is 53.5 Å². The first kappa shape index (κ1) is 20.8. The lowest BCUT2D eigenvalue weighted by Gasteiger charge is -2.30. The molecular formula is C32H29N2O2+. The minimum absolute atomic E-state index is 0.0934. The van der Waals surface area contributed by atoms with Gasteiger partial charge in [0.05, 0.1) is 11.8 Å². The first-order valence-electron chi connectivity index (χ1n) is 12.9. The molecule has 4 aliphatic rings.